The predicted molar refractivity (Wildman–Crippen MR) is 95.0 cm³/mol. The van der Waals surface area contributed by atoms with E-state index in [-0.39, 0.29) is 19.1 Å². The first-order chi connectivity index (χ1) is 12.6. The maximum atomic E-state index is 14.2. The standard InChI is InChI=1S/C21H23F3O2/c1-14-3-8-20(26-13-14)16-6-4-15(5-7-16)17-11-18(23)21(19(24)12-17)25-10-2-9-22/h4-7,11-12,14,20H,2-3,8-10,13H2,1H3. The van der Waals surface area contributed by atoms with Gasteiger partial charge in [0, 0.05) is 13.0 Å². The zero-order valence-electron chi connectivity index (χ0n) is 14.8. The Hall–Kier alpha value is -2.01. The quantitative estimate of drug-likeness (QED) is 0.598. The first-order valence-corrected chi connectivity index (χ1v) is 8.98. The van der Waals surface area contributed by atoms with Gasteiger partial charge in [-0.1, -0.05) is 31.2 Å². The van der Waals surface area contributed by atoms with Crippen molar-refractivity contribution in [2.75, 3.05) is 19.9 Å². The smallest absolute Gasteiger partial charge is 0.190 e. The molecule has 0 bridgehead atoms. The summed E-state index contributed by atoms with van der Waals surface area (Å²) in [7, 11) is 0. The highest BCUT2D eigenvalue weighted by atomic mass is 19.1. The van der Waals surface area contributed by atoms with E-state index >= 15 is 0 Å². The van der Waals surface area contributed by atoms with E-state index in [1.807, 2.05) is 24.3 Å². The molecule has 5 heteroatoms. The molecule has 0 saturated carbocycles. The predicted octanol–water partition coefficient (Wildman–Crippen LogP) is 5.86. The topological polar surface area (TPSA) is 18.5 Å². The molecular weight excluding hydrogens is 341 g/mol. The number of hydrogen-bond acceptors (Lipinski definition) is 2. The molecule has 0 aliphatic carbocycles. The molecule has 1 aliphatic rings. The number of hydrogen-bond donors (Lipinski definition) is 0. The summed E-state index contributed by atoms with van der Waals surface area (Å²) >= 11 is 0. The molecule has 2 aromatic rings. The average Bonchev–Trinajstić information content (AvgIpc) is 2.65. The van der Waals surface area contributed by atoms with Crippen LogP contribution < -0.4 is 4.74 Å². The number of ether oxygens (including phenoxy) is 2. The van der Waals surface area contributed by atoms with Gasteiger partial charge in [-0.3, -0.25) is 4.39 Å². The molecule has 1 fully saturated rings. The molecule has 3 rings (SSSR count). The van der Waals surface area contributed by atoms with Crippen molar-refractivity contribution in [1.29, 1.82) is 0 Å². The van der Waals surface area contributed by atoms with Gasteiger partial charge in [-0.2, -0.15) is 0 Å². The minimum absolute atomic E-state index is 0.0572. The van der Waals surface area contributed by atoms with Crippen LogP contribution in [0.4, 0.5) is 13.2 Å². The van der Waals surface area contributed by atoms with Crippen LogP contribution in [0.2, 0.25) is 0 Å². The van der Waals surface area contributed by atoms with Crippen molar-refractivity contribution >= 4 is 0 Å². The second-order valence-corrected chi connectivity index (χ2v) is 6.79. The highest BCUT2D eigenvalue weighted by Gasteiger charge is 2.20. The van der Waals surface area contributed by atoms with Crippen molar-refractivity contribution in [2.45, 2.75) is 32.3 Å². The Morgan fingerprint density at radius 3 is 2.31 bits per heavy atom. The normalized spacial score (nSPS) is 20.2. The molecule has 1 heterocycles. The first-order valence-electron chi connectivity index (χ1n) is 8.98. The molecule has 0 aromatic heterocycles. The Kier molecular flexibility index (Phi) is 6.20. The maximum Gasteiger partial charge on any atom is 0.190 e. The Morgan fingerprint density at radius 1 is 1.04 bits per heavy atom. The van der Waals surface area contributed by atoms with Gasteiger partial charge in [0.2, 0.25) is 0 Å². The van der Waals surface area contributed by atoms with Gasteiger partial charge < -0.3 is 9.47 Å². The summed E-state index contributed by atoms with van der Waals surface area (Å²) in [5.74, 6) is -1.44. The Balaban J connectivity index is 1.74. The lowest BCUT2D eigenvalue weighted by atomic mass is 9.94. The van der Waals surface area contributed by atoms with Gasteiger partial charge in [-0.15, -0.1) is 0 Å². The molecule has 0 amide bonds. The van der Waals surface area contributed by atoms with Crippen LogP contribution in [0.5, 0.6) is 5.75 Å². The van der Waals surface area contributed by atoms with Crippen molar-refractivity contribution in [3.05, 3.63) is 53.6 Å². The fourth-order valence-corrected chi connectivity index (χ4v) is 3.13. The summed E-state index contributed by atoms with van der Waals surface area (Å²) in [6, 6.07) is 10.0. The minimum atomic E-state index is -0.785. The zero-order chi connectivity index (χ0) is 18.5. The van der Waals surface area contributed by atoms with Gasteiger partial charge in [0.05, 0.1) is 19.4 Å². The van der Waals surface area contributed by atoms with Crippen LogP contribution in [0.3, 0.4) is 0 Å². The molecule has 0 radical (unpaired) electrons. The number of rotatable bonds is 6. The molecule has 0 spiro atoms. The zero-order valence-corrected chi connectivity index (χ0v) is 14.8. The highest BCUT2D eigenvalue weighted by Crippen LogP contribution is 2.33. The van der Waals surface area contributed by atoms with Gasteiger partial charge in [0.25, 0.3) is 0 Å². The van der Waals surface area contributed by atoms with E-state index in [0.29, 0.717) is 17.0 Å². The molecule has 2 unspecified atom stereocenters. The lowest BCUT2D eigenvalue weighted by Gasteiger charge is -2.27. The SMILES string of the molecule is CC1CCC(c2ccc(-c3cc(F)c(OCCCF)c(F)c3)cc2)OC1. The summed E-state index contributed by atoms with van der Waals surface area (Å²) in [6.07, 6.45) is 2.30. The van der Waals surface area contributed by atoms with E-state index in [9.17, 15) is 13.2 Å². The summed E-state index contributed by atoms with van der Waals surface area (Å²) < 4.78 is 51.3. The van der Waals surface area contributed by atoms with Gasteiger partial charge in [0.15, 0.2) is 17.4 Å². The van der Waals surface area contributed by atoms with E-state index in [1.54, 1.807) is 0 Å². The van der Waals surface area contributed by atoms with Crippen LogP contribution in [0, 0.1) is 17.6 Å². The molecule has 1 aliphatic heterocycles. The largest absolute Gasteiger partial charge is 0.488 e. The maximum absolute atomic E-state index is 14.2. The third-order valence-electron chi connectivity index (χ3n) is 4.64. The Labute approximate surface area is 151 Å². The van der Waals surface area contributed by atoms with Gasteiger partial charge in [0.1, 0.15) is 0 Å². The van der Waals surface area contributed by atoms with Gasteiger partial charge >= 0.3 is 0 Å². The number of benzene rings is 2. The molecule has 0 N–H and O–H groups in total. The van der Waals surface area contributed by atoms with E-state index < -0.39 is 24.1 Å². The number of alkyl halides is 1. The van der Waals surface area contributed by atoms with E-state index in [0.717, 1.165) is 25.0 Å². The van der Waals surface area contributed by atoms with Crippen molar-refractivity contribution in [1.82, 2.24) is 0 Å². The molecule has 2 atom stereocenters. The summed E-state index contributed by atoms with van der Waals surface area (Å²) in [5, 5.41) is 0. The number of halogens is 3. The summed E-state index contributed by atoms with van der Waals surface area (Å²) in [4.78, 5) is 0. The van der Waals surface area contributed by atoms with Crippen LogP contribution in [0.1, 0.15) is 37.9 Å². The van der Waals surface area contributed by atoms with Crippen molar-refractivity contribution in [3.63, 3.8) is 0 Å². The highest BCUT2D eigenvalue weighted by molar-refractivity contribution is 5.65. The molecule has 140 valence electrons. The minimum Gasteiger partial charge on any atom is -0.488 e. The van der Waals surface area contributed by atoms with Gasteiger partial charge in [-0.05, 0) is 47.6 Å². The lowest BCUT2D eigenvalue weighted by Crippen LogP contribution is -2.18. The second-order valence-electron chi connectivity index (χ2n) is 6.79. The Bertz CT molecular complexity index is 700. The summed E-state index contributed by atoms with van der Waals surface area (Å²) in [5.41, 5.74) is 2.22. The fraction of sp³-hybridized carbons (Fsp3) is 0.429. The van der Waals surface area contributed by atoms with Crippen molar-refractivity contribution < 1.29 is 22.6 Å². The molecule has 2 nitrogen and oxygen atoms in total. The lowest BCUT2D eigenvalue weighted by molar-refractivity contribution is -0.0123. The van der Waals surface area contributed by atoms with E-state index in [1.165, 1.54) is 12.1 Å². The van der Waals surface area contributed by atoms with Crippen LogP contribution in [0.15, 0.2) is 36.4 Å². The van der Waals surface area contributed by atoms with Crippen LogP contribution in [0.25, 0.3) is 11.1 Å². The van der Waals surface area contributed by atoms with E-state index in [2.05, 4.69) is 6.92 Å². The van der Waals surface area contributed by atoms with Gasteiger partial charge in [-0.25, -0.2) is 8.78 Å². The van der Waals surface area contributed by atoms with Crippen molar-refractivity contribution in [3.8, 4) is 16.9 Å². The summed E-state index contributed by atoms with van der Waals surface area (Å²) in [6.45, 7) is 2.29. The fourth-order valence-electron chi connectivity index (χ4n) is 3.13. The monoisotopic (exact) mass is 364 g/mol. The third-order valence-corrected chi connectivity index (χ3v) is 4.64. The molecule has 26 heavy (non-hydrogen) atoms. The van der Waals surface area contributed by atoms with E-state index in [4.69, 9.17) is 9.47 Å². The second kappa shape index (κ2) is 8.58. The third kappa shape index (κ3) is 4.39. The molecular formula is C21H23F3O2. The molecule has 1 saturated heterocycles. The molecule has 2 aromatic carbocycles. The Morgan fingerprint density at radius 2 is 1.73 bits per heavy atom. The van der Waals surface area contributed by atoms with Crippen LogP contribution in [-0.2, 0) is 4.74 Å². The van der Waals surface area contributed by atoms with Crippen LogP contribution in [-0.4, -0.2) is 19.9 Å². The average molecular weight is 364 g/mol. The van der Waals surface area contributed by atoms with Crippen LogP contribution >= 0.6 is 0 Å². The van der Waals surface area contributed by atoms with Crippen molar-refractivity contribution in [2.24, 2.45) is 5.92 Å². The first kappa shape index (κ1) is 18.8.